The SMILES string of the molecule is CCCCCCCCCC(CCCC)Cc1ccccc1. The largest absolute Gasteiger partial charge is 0.0654 e. The van der Waals surface area contributed by atoms with Gasteiger partial charge in [0, 0.05) is 0 Å². The molecule has 0 nitrogen and oxygen atoms in total. The van der Waals surface area contributed by atoms with Crippen LogP contribution in [-0.2, 0) is 6.42 Å². The van der Waals surface area contributed by atoms with Crippen LogP contribution in [-0.4, -0.2) is 0 Å². The summed E-state index contributed by atoms with van der Waals surface area (Å²) in [5.74, 6) is 0.906. The van der Waals surface area contributed by atoms with Crippen molar-refractivity contribution in [2.24, 2.45) is 5.92 Å². The van der Waals surface area contributed by atoms with Gasteiger partial charge in [0.2, 0.25) is 0 Å². The number of unbranched alkanes of at least 4 members (excludes halogenated alkanes) is 7. The first-order chi connectivity index (χ1) is 10.4. The molecule has 1 rings (SSSR count). The molecule has 1 atom stereocenters. The first kappa shape index (κ1) is 18.3. The third-order valence-corrected chi connectivity index (χ3v) is 4.55. The van der Waals surface area contributed by atoms with Crippen LogP contribution >= 0.6 is 0 Å². The summed E-state index contributed by atoms with van der Waals surface area (Å²) in [6.45, 7) is 4.61. The molecule has 0 radical (unpaired) electrons. The lowest BCUT2D eigenvalue weighted by molar-refractivity contribution is 0.408. The van der Waals surface area contributed by atoms with E-state index in [1.54, 1.807) is 0 Å². The topological polar surface area (TPSA) is 0 Å². The highest BCUT2D eigenvalue weighted by molar-refractivity contribution is 5.15. The van der Waals surface area contributed by atoms with Gasteiger partial charge in [-0.1, -0.05) is 115 Å². The second-order valence-electron chi connectivity index (χ2n) is 6.61. The Labute approximate surface area is 133 Å². The highest BCUT2D eigenvalue weighted by Crippen LogP contribution is 2.22. The summed E-state index contributed by atoms with van der Waals surface area (Å²) in [6.07, 6.45) is 16.9. The Morgan fingerprint density at radius 1 is 0.667 bits per heavy atom. The van der Waals surface area contributed by atoms with E-state index in [0.717, 1.165) is 5.92 Å². The second-order valence-corrected chi connectivity index (χ2v) is 6.61. The fraction of sp³-hybridized carbons (Fsp3) is 0.714. The molecule has 0 heterocycles. The van der Waals surface area contributed by atoms with Crippen molar-refractivity contribution in [2.45, 2.75) is 90.9 Å². The van der Waals surface area contributed by atoms with Crippen LogP contribution in [0, 0.1) is 5.92 Å². The molecule has 0 heteroatoms. The molecular weight excluding hydrogens is 252 g/mol. The van der Waals surface area contributed by atoms with E-state index in [1.165, 1.54) is 82.6 Å². The van der Waals surface area contributed by atoms with Crippen molar-refractivity contribution in [3.63, 3.8) is 0 Å². The van der Waals surface area contributed by atoms with Crippen LogP contribution in [0.1, 0.15) is 90.0 Å². The lowest BCUT2D eigenvalue weighted by Gasteiger charge is -2.16. The molecule has 0 N–H and O–H groups in total. The van der Waals surface area contributed by atoms with E-state index in [1.807, 2.05) is 0 Å². The van der Waals surface area contributed by atoms with Gasteiger partial charge in [0.25, 0.3) is 0 Å². The quantitative estimate of drug-likeness (QED) is 0.337. The predicted octanol–water partition coefficient (Wildman–Crippen LogP) is 7.18. The minimum absolute atomic E-state index is 0.906. The molecule has 0 aliphatic carbocycles. The zero-order valence-electron chi connectivity index (χ0n) is 14.4. The van der Waals surface area contributed by atoms with Gasteiger partial charge in [0.15, 0.2) is 0 Å². The summed E-state index contributed by atoms with van der Waals surface area (Å²) in [5, 5.41) is 0. The normalized spacial score (nSPS) is 12.5. The van der Waals surface area contributed by atoms with Gasteiger partial charge in [-0.05, 0) is 17.9 Å². The first-order valence-electron chi connectivity index (χ1n) is 9.40. The van der Waals surface area contributed by atoms with E-state index in [9.17, 15) is 0 Å². The molecular formula is C21H36. The number of hydrogen-bond acceptors (Lipinski definition) is 0. The molecule has 1 aromatic rings. The van der Waals surface area contributed by atoms with Gasteiger partial charge in [-0.2, -0.15) is 0 Å². The maximum atomic E-state index is 2.31. The maximum Gasteiger partial charge on any atom is -0.0250 e. The van der Waals surface area contributed by atoms with Gasteiger partial charge in [0.1, 0.15) is 0 Å². The van der Waals surface area contributed by atoms with Crippen molar-refractivity contribution in [1.29, 1.82) is 0 Å². The third-order valence-electron chi connectivity index (χ3n) is 4.55. The fourth-order valence-electron chi connectivity index (χ4n) is 3.18. The molecule has 0 saturated carbocycles. The van der Waals surface area contributed by atoms with E-state index in [0.29, 0.717) is 0 Å². The molecule has 0 saturated heterocycles. The van der Waals surface area contributed by atoms with E-state index in [-0.39, 0.29) is 0 Å². The zero-order valence-corrected chi connectivity index (χ0v) is 14.4. The lowest BCUT2D eigenvalue weighted by Crippen LogP contribution is -2.05. The van der Waals surface area contributed by atoms with Crippen molar-refractivity contribution < 1.29 is 0 Å². The van der Waals surface area contributed by atoms with Gasteiger partial charge in [-0.15, -0.1) is 0 Å². The Balaban J connectivity index is 2.20. The highest BCUT2D eigenvalue weighted by atomic mass is 14.1. The highest BCUT2D eigenvalue weighted by Gasteiger charge is 2.09. The lowest BCUT2D eigenvalue weighted by atomic mass is 9.89. The van der Waals surface area contributed by atoms with Crippen molar-refractivity contribution >= 4 is 0 Å². The van der Waals surface area contributed by atoms with Crippen molar-refractivity contribution in [1.82, 2.24) is 0 Å². The fourth-order valence-corrected chi connectivity index (χ4v) is 3.18. The predicted molar refractivity (Wildman–Crippen MR) is 95.8 cm³/mol. The smallest absolute Gasteiger partial charge is 0.0250 e. The summed E-state index contributed by atoms with van der Waals surface area (Å²) in [7, 11) is 0. The number of rotatable bonds is 13. The van der Waals surface area contributed by atoms with Gasteiger partial charge < -0.3 is 0 Å². The minimum Gasteiger partial charge on any atom is -0.0654 e. The molecule has 1 unspecified atom stereocenters. The Bertz CT molecular complexity index is 314. The van der Waals surface area contributed by atoms with Gasteiger partial charge in [0.05, 0.1) is 0 Å². The van der Waals surface area contributed by atoms with E-state index < -0.39 is 0 Å². The summed E-state index contributed by atoms with van der Waals surface area (Å²) in [4.78, 5) is 0. The average Bonchev–Trinajstić information content (AvgIpc) is 2.52. The van der Waals surface area contributed by atoms with Crippen molar-refractivity contribution in [3.05, 3.63) is 35.9 Å². The van der Waals surface area contributed by atoms with Crippen LogP contribution in [0.25, 0.3) is 0 Å². The molecule has 1 aromatic carbocycles. The molecule has 0 spiro atoms. The summed E-state index contributed by atoms with van der Waals surface area (Å²) >= 11 is 0. The Hall–Kier alpha value is -0.780. The minimum atomic E-state index is 0.906. The van der Waals surface area contributed by atoms with Crippen LogP contribution in [0.3, 0.4) is 0 Å². The summed E-state index contributed by atoms with van der Waals surface area (Å²) < 4.78 is 0. The molecule has 21 heavy (non-hydrogen) atoms. The maximum absolute atomic E-state index is 2.31. The third kappa shape index (κ3) is 9.72. The summed E-state index contributed by atoms with van der Waals surface area (Å²) in [5.41, 5.74) is 1.53. The van der Waals surface area contributed by atoms with Crippen LogP contribution in [0.5, 0.6) is 0 Å². The van der Waals surface area contributed by atoms with Crippen LogP contribution in [0.4, 0.5) is 0 Å². The van der Waals surface area contributed by atoms with Gasteiger partial charge in [-0.25, -0.2) is 0 Å². The van der Waals surface area contributed by atoms with Crippen LogP contribution in [0.2, 0.25) is 0 Å². The number of hydrogen-bond donors (Lipinski definition) is 0. The standard InChI is InChI=1S/C21H36/c1-3-5-7-8-9-10-12-16-20(15-6-4-2)19-21-17-13-11-14-18-21/h11,13-14,17-18,20H,3-10,12,15-16,19H2,1-2H3. The van der Waals surface area contributed by atoms with Crippen molar-refractivity contribution in [3.8, 4) is 0 Å². The first-order valence-corrected chi connectivity index (χ1v) is 9.40. The Kier molecular flexibility index (Phi) is 11.2. The van der Waals surface area contributed by atoms with E-state index in [4.69, 9.17) is 0 Å². The van der Waals surface area contributed by atoms with Crippen molar-refractivity contribution in [2.75, 3.05) is 0 Å². The van der Waals surface area contributed by atoms with E-state index in [2.05, 4.69) is 44.2 Å². The molecule has 0 aliphatic heterocycles. The molecule has 0 aromatic heterocycles. The average molecular weight is 289 g/mol. The van der Waals surface area contributed by atoms with E-state index >= 15 is 0 Å². The molecule has 0 amide bonds. The second kappa shape index (κ2) is 12.9. The Morgan fingerprint density at radius 3 is 1.90 bits per heavy atom. The molecule has 0 aliphatic rings. The monoisotopic (exact) mass is 288 g/mol. The van der Waals surface area contributed by atoms with Crippen LogP contribution < -0.4 is 0 Å². The van der Waals surface area contributed by atoms with Crippen LogP contribution in [0.15, 0.2) is 30.3 Å². The van der Waals surface area contributed by atoms with Gasteiger partial charge in [-0.3, -0.25) is 0 Å². The zero-order chi connectivity index (χ0) is 15.2. The molecule has 120 valence electrons. The van der Waals surface area contributed by atoms with Gasteiger partial charge >= 0.3 is 0 Å². The molecule has 0 bridgehead atoms. The Morgan fingerprint density at radius 2 is 1.24 bits per heavy atom. The molecule has 0 fully saturated rings. The summed E-state index contributed by atoms with van der Waals surface area (Å²) in [6, 6.07) is 11.1. The number of benzene rings is 1.